The van der Waals surface area contributed by atoms with Crippen molar-refractivity contribution in [1.82, 2.24) is 10.2 Å². The second-order valence-electron chi connectivity index (χ2n) is 6.43. The Morgan fingerprint density at radius 2 is 1.81 bits per heavy atom. The fourth-order valence-corrected chi connectivity index (χ4v) is 3.69. The van der Waals surface area contributed by atoms with Gasteiger partial charge in [-0.3, -0.25) is 0 Å². The van der Waals surface area contributed by atoms with Crippen LogP contribution in [0, 0.1) is 6.92 Å². The van der Waals surface area contributed by atoms with Crippen molar-refractivity contribution >= 4 is 22.5 Å². The predicted octanol–water partition coefficient (Wildman–Crippen LogP) is 5.96. The van der Waals surface area contributed by atoms with E-state index in [9.17, 15) is 0 Å². The number of nitrogens with zero attached hydrogens (tertiary/aromatic N) is 2. The molecule has 1 atom stereocenters. The van der Waals surface area contributed by atoms with Crippen LogP contribution in [0.1, 0.15) is 29.2 Å². The number of ether oxygens (including phenoxy) is 1. The highest BCUT2D eigenvalue weighted by Gasteiger charge is 2.14. The van der Waals surface area contributed by atoms with Gasteiger partial charge < -0.3 is 9.15 Å². The van der Waals surface area contributed by atoms with Crippen LogP contribution in [-0.2, 0) is 6.61 Å². The summed E-state index contributed by atoms with van der Waals surface area (Å²) >= 11 is 1.55. The Hall–Kier alpha value is -2.79. The average molecular weight is 376 g/mol. The quantitative estimate of drug-likeness (QED) is 0.388. The lowest BCUT2D eigenvalue weighted by Gasteiger charge is -2.10. The van der Waals surface area contributed by atoms with Crippen molar-refractivity contribution in [2.24, 2.45) is 0 Å². The van der Waals surface area contributed by atoms with Crippen LogP contribution in [0.5, 0.6) is 5.75 Å². The lowest BCUT2D eigenvalue weighted by molar-refractivity contribution is 0.252. The van der Waals surface area contributed by atoms with E-state index in [2.05, 4.69) is 59.6 Å². The van der Waals surface area contributed by atoms with Crippen molar-refractivity contribution in [3.05, 3.63) is 83.7 Å². The minimum absolute atomic E-state index is 0.209. The van der Waals surface area contributed by atoms with Crippen molar-refractivity contribution in [3.63, 3.8) is 0 Å². The van der Waals surface area contributed by atoms with E-state index < -0.39 is 0 Å². The number of fused-ring (bicyclic) bond motifs is 1. The molecule has 4 rings (SSSR count). The van der Waals surface area contributed by atoms with Crippen LogP contribution in [0.4, 0.5) is 0 Å². The topological polar surface area (TPSA) is 48.2 Å². The van der Waals surface area contributed by atoms with E-state index in [-0.39, 0.29) is 11.9 Å². The molecule has 0 fully saturated rings. The molecule has 27 heavy (non-hydrogen) atoms. The molecule has 0 saturated heterocycles. The summed E-state index contributed by atoms with van der Waals surface area (Å²) in [6.45, 7) is 4.44. The molecular formula is C22H20N2O2S. The third-order valence-electron chi connectivity index (χ3n) is 4.32. The van der Waals surface area contributed by atoms with Gasteiger partial charge in [0.1, 0.15) is 5.75 Å². The molecule has 0 aliphatic heterocycles. The molecule has 0 N–H and O–H groups in total. The van der Waals surface area contributed by atoms with Gasteiger partial charge in [0.2, 0.25) is 0 Å². The van der Waals surface area contributed by atoms with Crippen LogP contribution in [0.3, 0.4) is 0 Å². The van der Waals surface area contributed by atoms with E-state index in [1.54, 1.807) is 11.8 Å². The van der Waals surface area contributed by atoms with E-state index in [4.69, 9.17) is 9.15 Å². The van der Waals surface area contributed by atoms with E-state index in [0.717, 1.165) is 11.3 Å². The molecule has 5 heteroatoms. The average Bonchev–Trinajstić information content (AvgIpc) is 3.13. The first-order chi connectivity index (χ1) is 13.2. The van der Waals surface area contributed by atoms with Gasteiger partial charge >= 0.3 is 0 Å². The normalized spacial score (nSPS) is 12.2. The fourth-order valence-electron chi connectivity index (χ4n) is 2.87. The van der Waals surface area contributed by atoms with Gasteiger partial charge in [0, 0.05) is 5.25 Å². The van der Waals surface area contributed by atoms with Gasteiger partial charge in [-0.15, -0.1) is 10.2 Å². The lowest BCUT2D eigenvalue weighted by atomic mass is 10.1. The molecule has 0 radical (unpaired) electrons. The summed E-state index contributed by atoms with van der Waals surface area (Å²) in [5.74, 6) is 1.27. The Morgan fingerprint density at radius 3 is 2.67 bits per heavy atom. The van der Waals surface area contributed by atoms with E-state index in [0.29, 0.717) is 11.1 Å². The van der Waals surface area contributed by atoms with Crippen molar-refractivity contribution in [3.8, 4) is 5.75 Å². The fraction of sp³-hybridized carbons (Fsp3) is 0.182. The molecule has 1 heterocycles. The molecule has 0 aliphatic rings. The summed E-state index contributed by atoms with van der Waals surface area (Å²) < 4.78 is 11.4. The summed E-state index contributed by atoms with van der Waals surface area (Å²) in [6.07, 6.45) is 0. The minimum Gasteiger partial charge on any atom is -0.484 e. The maximum atomic E-state index is 5.73. The molecule has 4 nitrogen and oxygen atoms in total. The number of hydrogen-bond donors (Lipinski definition) is 0. The summed E-state index contributed by atoms with van der Waals surface area (Å²) in [4.78, 5) is 0. The number of aromatic nitrogens is 2. The smallest absolute Gasteiger partial charge is 0.277 e. The number of rotatable bonds is 6. The number of aryl methyl sites for hydroxylation is 1. The van der Waals surface area contributed by atoms with E-state index in [1.807, 2.05) is 31.2 Å². The zero-order valence-corrected chi connectivity index (χ0v) is 16.1. The number of hydrogen-bond acceptors (Lipinski definition) is 5. The highest BCUT2D eigenvalue weighted by Crippen LogP contribution is 2.35. The van der Waals surface area contributed by atoms with Crippen LogP contribution >= 0.6 is 11.8 Å². The van der Waals surface area contributed by atoms with Crippen molar-refractivity contribution in [2.75, 3.05) is 0 Å². The molecule has 4 aromatic rings. The highest BCUT2D eigenvalue weighted by atomic mass is 32.2. The highest BCUT2D eigenvalue weighted by molar-refractivity contribution is 7.99. The zero-order chi connectivity index (χ0) is 18.6. The second-order valence-corrected chi connectivity index (χ2v) is 7.73. The number of thioether (sulfide) groups is 1. The summed E-state index contributed by atoms with van der Waals surface area (Å²) in [7, 11) is 0. The first-order valence-electron chi connectivity index (χ1n) is 8.84. The number of benzene rings is 3. The van der Waals surface area contributed by atoms with Gasteiger partial charge in [-0.1, -0.05) is 66.4 Å². The first-order valence-corrected chi connectivity index (χ1v) is 9.72. The molecule has 1 aromatic heterocycles. The van der Waals surface area contributed by atoms with Crippen molar-refractivity contribution < 1.29 is 9.15 Å². The van der Waals surface area contributed by atoms with Crippen LogP contribution < -0.4 is 4.74 Å². The Balaban J connectivity index is 1.40. The molecule has 0 aliphatic carbocycles. The molecule has 136 valence electrons. The summed E-state index contributed by atoms with van der Waals surface area (Å²) in [5, 5.41) is 11.5. The largest absolute Gasteiger partial charge is 0.484 e. The Bertz CT molecular complexity index is 1060. The minimum atomic E-state index is 0.209. The molecular weight excluding hydrogens is 356 g/mol. The third kappa shape index (κ3) is 4.31. The summed E-state index contributed by atoms with van der Waals surface area (Å²) in [6, 6.07) is 22.8. The maximum absolute atomic E-state index is 5.73. The van der Waals surface area contributed by atoms with Crippen molar-refractivity contribution in [1.29, 1.82) is 0 Å². The van der Waals surface area contributed by atoms with Crippen LogP contribution in [-0.4, -0.2) is 10.2 Å². The van der Waals surface area contributed by atoms with Gasteiger partial charge in [0.15, 0.2) is 6.61 Å². The molecule has 1 unspecified atom stereocenters. The van der Waals surface area contributed by atoms with Crippen LogP contribution in [0.25, 0.3) is 10.8 Å². The summed E-state index contributed by atoms with van der Waals surface area (Å²) in [5.41, 5.74) is 2.38. The van der Waals surface area contributed by atoms with Crippen LogP contribution in [0.15, 0.2) is 76.4 Å². The SMILES string of the molecule is Cc1cccc(OCc2nnc(SC(C)c3ccc4ccccc4c3)o2)c1. The molecule has 0 spiro atoms. The molecule has 0 saturated carbocycles. The van der Waals surface area contributed by atoms with Gasteiger partial charge in [0.05, 0.1) is 0 Å². The molecule has 0 bridgehead atoms. The molecule has 3 aromatic carbocycles. The standard InChI is InChI=1S/C22H20N2O2S/c1-15-6-5-9-20(12-15)25-14-21-23-24-22(26-21)27-16(2)18-11-10-17-7-3-4-8-19(17)13-18/h3-13,16H,14H2,1-2H3. The van der Waals surface area contributed by atoms with Crippen LogP contribution in [0.2, 0.25) is 0 Å². The van der Waals surface area contributed by atoms with Gasteiger partial charge in [-0.25, -0.2) is 0 Å². The van der Waals surface area contributed by atoms with E-state index in [1.165, 1.54) is 16.3 Å². The Kier molecular flexibility index (Phi) is 5.12. The van der Waals surface area contributed by atoms with E-state index >= 15 is 0 Å². The molecule has 0 amide bonds. The lowest BCUT2D eigenvalue weighted by Crippen LogP contribution is -1.95. The van der Waals surface area contributed by atoms with Gasteiger partial charge in [-0.05, 0) is 47.9 Å². The second kappa shape index (κ2) is 7.84. The first kappa shape index (κ1) is 17.6. The Morgan fingerprint density at radius 1 is 0.963 bits per heavy atom. The Labute approximate surface area is 162 Å². The predicted molar refractivity (Wildman–Crippen MR) is 108 cm³/mol. The van der Waals surface area contributed by atoms with Gasteiger partial charge in [-0.2, -0.15) is 0 Å². The zero-order valence-electron chi connectivity index (χ0n) is 15.3. The van der Waals surface area contributed by atoms with Crippen molar-refractivity contribution in [2.45, 2.75) is 30.9 Å². The monoisotopic (exact) mass is 376 g/mol. The van der Waals surface area contributed by atoms with Gasteiger partial charge in [0.25, 0.3) is 11.1 Å². The third-order valence-corrected chi connectivity index (χ3v) is 5.31. The maximum Gasteiger partial charge on any atom is 0.277 e.